The summed E-state index contributed by atoms with van der Waals surface area (Å²) in [4.78, 5) is 34.1. The second-order valence-electron chi connectivity index (χ2n) is 3.93. The van der Waals surface area contributed by atoms with Crippen LogP contribution >= 0.6 is 15.9 Å². The van der Waals surface area contributed by atoms with Crippen molar-refractivity contribution in [2.45, 2.75) is 27.1 Å². The first kappa shape index (κ1) is 13.2. The fraction of sp³-hybridized carbons (Fsp3) is 0.700. The lowest BCUT2D eigenvalue weighted by Gasteiger charge is -2.22. The van der Waals surface area contributed by atoms with E-state index in [0.29, 0.717) is 0 Å². The number of hydrogen-bond acceptors (Lipinski definition) is 5. The number of hydrogen-bond donors (Lipinski definition) is 0. The van der Waals surface area contributed by atoms with Crippen LogP contribution in [0.2, 0.25) is 0 Å². The average molecular weight is 293 g/mol. The van der Waals surface area contributed by atoms with Crippen LogP contribution in [0.15, 0.2) is 0 Å². The number of Topliss-reactive ketones (excluding diaryl/α,β-unsaturated/α-hetero) is 1. The molecular formula is C10H13BrO5. The van der Waals surface area contributed by atoms with Gasteiger partial charge in [-0.05, 0) is 6.92 Å². The first-order chi connectivity index (χ1) is 7.33. The summed E-state index contributed by atoms with van der Waals surface area (Å²) < 4.78 is 9.73. The molecule has 0 spiro atoms. The maximum absolute atomic E-state index is 11.7. The first-order valence-corrected chi connectivity index (χ1v) is 5.93. The molecule has 16 heavy (non-hydrogen) atoms. The van der Waals surface area contributed by atoms with Gasteiger partial charge in [0.25, 0.3) is 6.29 Å². The Balaban J connectivity index is 2.94. The van der Waals surface area contributed by atoms with E-state index in [2.05, 4.69) is 15.9 Å². The van der Waals surface area contributed by atoms with Crippen molar-refractivity contribution in [3.8, 4) is 0 Å². The molecule has 0 N–H and O–H groups in total. The largest absolute Gasteiger partial charge is 0.425 e. The molecule has 1 heterocycles. The number of carbonyl (C=O) groups is 3. The number of carbonyl (C=O) groups excluding carboxylic acids is 3. The standard InChI is InChI=1S/C10H13BrO5/c1-5-8(15-6(2)12)16-9(14)10(5,3)7(13)4-11/h5,8H,4H2,1-3H3/t5-,8-,10+/m1/s1. The van der Waals surface area contributed by atoms with Crippen molar-refractivity contribution in [2.75, 3.05) is 5.33 Å². The Kier molecular flexibility index (Phi) is 3.72. The van der Waals surface area contributed by atoms with E-state index in [1.54, 1.807) is 6.92 Å². The second kappa shape index (κ2) is 4.53. The molecule has 1 rings (SSSR count). The number of rotatable bonds is 3. The molecule has 5 nitrogen and oxygen atoms in total. The van der Waals surface area contributed by atoms with E-state index in [4.69, 9.17) is 9.47 Å². The lowest BCUT2D eigenvalue weighted by Crippen LogP contribution is -2.39. The zero-order valence-corrected chi connectivity index (χ0v) is 10.9. The molecule has 0 bridgehead atoms. The number of ketones is 1. The smallest absolute Gasteiger partial charge is 0.323 e. The van der Waals surface area contributed by atoms with Crippen LogP contribution in [-0.2, 0) is 23.9 Å². The molecule has 3 atom stereocenters. The molecule has 0 saturated carbocycles. The molecule has 0 unspecified atom stereocenters. The Hall–Kier alpha value is -0.910. The van der Waals surface area contributed by atoms with Crippen molar-refractivity contribution in [3.05, 3.63) is 0 Å². The third-order valence-corrected chi connectivity index (χ3v) is 3.46. The van der Waals surface area contributed by atoms with Crippen LogP contribution in [0.25, 0.3) is 0 Å². The number of halogens is 1. The van der Waals surface area contributed by atoms with Crippen molar-refractivity contribution in [1.29, 1.82) is 0 Å². The summed E-state index contributed by atoms with van der Waals surface area (Å²) in [7, 11) is 0. The zero-order valence-electron chi connectivity index (χ0n) is 9.28. The van der Waals surface area contributed by atoms with Crippen molar-refractivity contribution >= 4 is 33.7 Å². The van der Waals surface area contributed by atoms with Crippen LogP contribution in [-0.4, -0.2) is 29.3 Å². The highest BCUT2D eigenvalue weighted by Crippen LogP contribution is 2.41. The van der Waals surface area contributed by atoms with Crippen LogP contribution in [0.5, 0.6) is 0 Å². The van der Waals surface area contributed by atoms with Crippen LogP contribution in [0.3, 0.4) is 0 Å². The van der Waals surface area contributed by atoms with Gasteiger partial charge in [0.15, 0.2) is 5.78 Å². The Bertz CT molecular complexity index is 340. The Morgan fingerprint density at radius 3 is 2.56 bits per heavy atom. The van der Waals surface area contributed by atoms with Crippen molar-refractivity contribution in [3.63, 3.8) is 0 Å². The van der Waals surface area contributed by atoms with Gasteiger partial charge in [-0.25, -0.2) is 0 Å². The Labute approximate surface area is 102 Å². The molecule has 0 aromatic carbocycles. The monoisotopic (exact) mass is 292 g/mol. The molecule has 6 heteroatoms. The summed E-state index contributed by atoms with van der Waals surface area (Å²) in [5.41, 5.74) is -1.25. The van der Waals surface area contributed by atoms with E-state index in [0.717, 1.165) is 0 Å². The minimum Gasteiger partial charge on any atom is -0.425 e. The van der Waals surface area contributed by atoms with Gasteiger partial charge in [0.05, 0.1) is 11.2 Å². The predicted molar refractivity (Wildman–Crippen MR) is 57.7 cm³/mol. The van der Waals surface area contributed by atoms with E-state index in [1.807, 2.05) is 0 Å². The molecule has 1 fully saturated rings. The van der Waals surface area contributed by atoms with Gasteiger partial charge in [-0.1, -0.05) is 22.9 Å². The topological polar surface area (TPSA) is 69.7 Å². The van der Waals surface area contributed by atoms with Crippen LogP contribution in [0, 0.1) is 11.3 Å². The summed E-state index contributed by atoms with van der Waals surface area (Å²) in [5.74, 6) is -1.95. The number of alkyl halides is 1. The van der Waals surface area contributed by atoms with Crippen molar-refractivity contribution < 1.29 is 23.9 Å². The molecule has 0 amide bonds. The van der Waals surface area contributed by atoms with E-state index in [9.17, 15) is 14.4 Å². The second-order valence-corrected chi connectivity index (χ2v) is 4.49. The SMILES string of the molecule is CC(=O)O[C@@H]1OC(=O)[C@](C)(C(=O)CBr)[C@@H]1C. The van der Waals surface area contributed by atoms with Gasteiger partial charge in [-0.3, -0.25) is 14.4 Å². The average Bonchev–Trinajstić information content (AvgIpc) is 2.42. The quantitative estimate of drug-likeness (QED) is 0.442. The highest BCUT2D eigenvalue weighted by molar-refractivity contribution is 9.09. The van der Waals surface area contributed by atoms with E-state index in [-0.39, 0.29) is 11.1 Å². The van der Waals surface area contributed by atoms with Gasteiger partial charge in [-0.2, -0.15) is 0 Å². The van der Waals surface area contributed by atoms with Crippen LogP contribution < -0.4 is 0 Å². The molecule has 1 aliphatic heterocycles. The normalized spacial score (nSPS) is 33.4. The number of esters is 2. The molecular weight excluding hydrogens is 280 g/mol. The van der Waals surface area contributed by atoms with Gasteiger partial charge in [-0.15, -0.1) is 0 Å². The molecule has 1 aliphatic rings. The van der Waals surface area contributed by atoms with Crippen molar-refractivity contribution in [1.82, 2.24) is 0 Å². The number of cyclic esters (lactones) is 1. The molecule has 90 valence electrons. The van der Waals surface area contributed by atoms with Gasteiger partial charge in [0, 0.05) is 6.92 Å². The van der Waals surface area contributed by atoms with Crippen LogP contribution in [0.1, 0.15) is 20.8 Å². The van der Waals surface area contributed by atoms with E-state index in [1.165, 1.54) is 13.8 Å². The summed E-state index contributed by atoms with van der Waals surface area (Å²) in [6, 6.07) is 0. The van der Waals surface area contributed by atoms with Gasteiger partial charge in [0.1, 0.15) is 5.41 Å². The minimum absolute atomic E-state index is 0.0652. The maximum atomic E-state index is 11.7. The molecule has 0 aliphatic carbocycles. The van der Waals surface area contributed by atoms with Gasteiger partial charge >= 0.3 is 11.9 Å². The van der Waals surface area contributed by atoms with Gasteiger partial charge < -0.3 is 9.47 Å². The zero-order chi connectivity index (χ0) is 12.5. The Morgan fingerprint density at radius 2 is 2.12 bits per heavy atom. The third kappa shape index (κ3) is 1.98. The van der Waals surface area contributed by atoms with Gasteiger partial charge in [0.2, 0.25) is 0 Å². The molecule has 1 saturated heterocycles. The number of ether oxygens (including phenoxy) is 2. The fourth-order valence-corrected chi connectivity index (χ4v) is 2.17. The highest BCUT2D eigenvalue weighted by Gasteiger charge is 2.57. The lowest BCUT2D eigenvalue weighted by atomic mass is 9.76. The molecule has 0 aromatic heterocycles. The molecule has 0 radical (unpaired) electrons. The summed E-state index contributed by atoms with van der Waals surface area (Å²) >= 11 is 3.02. The summed E-state index contributed by atoms with van der Waals surface area (Å²) in [6.45, 7) is 4.38. The third-order valence-electron chi connectivity index (χ3n) is 2.95. The summed E-state index contributed by atoms with van der Waals surface area (Å²) in [6.07, 6.45) is -0.974. The highest BCUT2D eigenvalue weighted by atomic mass is 79.9. The molecule has 0 aromatic rings. The fourth-order valence-electron chi connectivity index (χ4n) is 1.58. The first-order valence-electron chi connectivity index (χ1n) is 4.81. The maximum Gasteiger partial charge on any atom is 0.323 e. The minimum atomic E-state index is -1.25. The Morgan fingerprint density at radius 1 is 1.56 bits per heavy atom. The van der Waals surface area contributed by atoms with Crippen LogP contribution in [0.4, 0.5) is 0 Å². The lowest BCUT2D eigenvalue weighted by molar-refractivity contribution is -0.179. The van der Waals surface area contributed by atoms with E-state index >= 15 is 0 Å². The predicted octanol–water partition coefficient (Wildman–Crippen LogP) is 1.04. The van der Waals surface area contributed by atoms with Crippen molar-refractivity contribution in [2.24, 2.45) is 11.3 Å². The van der Waals surface area contributed by atoms with E-state index < -0.39 is 29.6 Å². The summed E-state index contributed by atoms with van der Waals surface area (Å²) in [5, 5.41) is 0.0652.